The zero-order valence-corrected chi connectivity index (χ0v) is 16.5. The number of aromatic nitrogens is 4. The van der Waals surface area contributed by atoms with Crippen molar-refractivity contribution >= 4 is 27.4 Å². The van der Waals surface area contributed by atoms with Crippen LogP contribution in [0.5, 0.6) is 0 Å². The van der Waals surface area contributed by atoms with Crippen LogP contribution in [-0.4, -0.2) is 33.0 Å². The van der Waals surface area contributed by atoms with E-state index in [0.29, 0.717) is 12.5 Å². The summed E-state index contributed by atoms with van der Waals surface area (Å²) in [6.45, 7) is 2.70. The van der Waals surface area contributed by atoms with Gasteiger partial charge in [-0.15, -0.1) is 10.2 Å². The van der Waals surface area contributed by atoms with Gasteiger partial charge in [-0.3, -0.25) is 5.10 Å². The lowest BCUT2D eigenvalue weighted by Gasteiger charge is -2.18. The third-order valence-electron chi connectivity index (χ3n) is 5.60. The van der Waals surface area contributed by atoms with Gasteiger partial charge in [0.05, 0.1) is 11.2 Å². The van der Waals surface area contributed by atoms with E-state index in [1.165, 1.54) is 11.1 Å². The molecular formula is C21H22N6S. The van der Waals surface area contributed by atoms with Crippen LogP contribution in [-0.2, 0) is 12.8 Å². The molecule has 142 valence electrons. The quantitative estimate of drug-likeness (QED) is 0.485. The molecule has 0 fully saturated rings. The monoisotopic (exact) mass is 390 g/mol. The molecule has 1 atom stereocenters. The number of hydrogen-bond donors (Lipinski definition) is 3. The van der Waals surface area contributed by atoms with E-state index in [2.05, 4.69) is 56.0 Å². The van der Waals surface area contributed by atoms with Crippen LogP contribution in [0.25, 0.3) is 21.5 Å². The summed E-state index contributed by atoms with van der Waals surface area (Å²) in [6.07, 6.45) is 2.12. The van der Waals surface area contributed by atoms with Crippen LogP contribution in [0.15, 0.2) is 42.5 Å². The number of nitrogens with two attached hydrogens (primary N) is 1. The summed E-state index contributed by atoms with van der Waals surface area (Å²) in [5.41, 5.74) is 12.4. The molecule has 2 aromatic heterocycles. The van der Waals surface area contributed by atoms with Crippen molar-refractivity contribution in [3.8, 4) is 10.6 Å². The lowest BCUT2D eigenvalue weighted by Crippen LogP contribution is -2.37. The Morgan fingerprint density at radius 3 is 2.75 bits per heavy atom. The van der Waals surface area contributed by atoms with E-state index in [1.807, 2.05) is 19.1 Å². The first-order valence-electron chi connectivity index (χ1n) is 9.52. The average Bonchev–Trinajstić information content (AvgIpc) is 3.44. The second-order valence-electron chi connectivity index (χ2n) is 7.46. The van der Waals surface area contributed by atoms with Crippen molar-refractivity contribution in [2.24, 2.45) is 11.7 Å². The van der Waals surface area contributed by atoms with Crippen molar-refractivity contribution in [1.29, 1.82) is 0 Å². The number of benzene rings is 2. The van der Waals surface area contributed by atoms with Gasteiger partial charge in [-0.05, 0) is 55.0 Å². The highest BCUT2D eigenvalue weighted by Gasteiger charge is 2.26. The van der Waals surface area contributed by atoms with Gasteiger partial charge in [0.25, 0.3) is 0 Å². The number of H-pyrrole nitrogens is 1. The van der Waals surface area contributed by atoms with Crippen molar-refractivity contribution < 1.29 is 0 Å². The second-order valence-corrected chi connectivity index (χ2v) is 8.44. The summed E-state index contributed by atoms with van der Waals surface area (Å²) < 4.78 is 0. The molecular weight excluding hydrogens is 368 g/mol. The van der Waals surface area contributed by atoms with Gasteiger partial charge >= 0.3 is 0 Å². The fourth-order valence-electron chi connectivity index (χ4n) is 3.96. The van der Waals surface area contributed by atoms with Crippen LogP contribution in [0.2, 0.25) is 0 Å². The van der Waals surface area contributed by atoms with E-state index in [0.717, 1.165) is 45.1 Å². The minimum Gasteiger partial charge on any atom is -0.359 e. The van der Waals surface area contributed by atoms with E-state index in [9.17, 15) is 0 Å². The van der Waals surface area contributed by atoms with Gasteiger partial charge in [0.2, 0.25) is 5.13 Å². The Kier molecular flexibility index (Phi) is 4.33. The number of anilines is 1. The third kappa shape index (κ3) is 3.16. The van der Waals surface area contributed by atoms with Gasteiger partial charge in [-0.2, -0.15) is 5.10 Å². The molecule has 28 heavy (non-hydrogen) atoms. The van der Waals surface area contributed by atoms with Gasteiger partial charge < -0.3 is 11.1 Å². The van der Waals surface area contributed by atoms with Crippen LogP contribution in [0.1, 0.15) is 16.8 Å². The maximum atomic E-state index is 6.47. The molecule has 0 radical (unpaired) electrons. The summed E-state index contributed by atoms with van der Waals surface area (Å²) in [5.74, 6) is 0.476. The van der Waals surface area contributed by atoms with Crippen molar-refractivity contribution in [3.05, 3.63) is 59.3 Å². The summed E-state index contributed by atoms with van der Waals surface area (Å²) in [5, 5.41) is 22.1. The fourth-order valence-corrected chi connectivity index (χ4v) is 4.70. The van der Waals surface area contributed by atoms with E-state index in [1.54, 1.807) is 11.3 Å². The van der Waals surface area contributed by atoms with Crippen molar-refractivity contribution in [2.45, 2.75) is 25.8 Å². The highest BCUT2D eigenvalue weighted by molar-refractivity contribution is 7.18. The molecule has 4 aromatic rings. The molecule has 1 unspecified atom stereocenters. The second kappa shape index (κ2) is 7.00. The van der Waals surface area contributed by atoms with Crippen LogP contribution >= 0.6 is 11.3 Å². The molecule has 1 aliphatic rings. The summed E-state index contributed by atoms with van der Waals surface area (Å²) in [7, 11) is 0. The molecule has 0 aliphatic heterocycles. The van der Waals surface area contributed by atoms with Gasteiger partial charge in [-0.1, -0.05) is 35.6 Å². The number of fused-ring (bicyclic) bond motifs is 2. The number of rotatable bonds is 5. The highest BCUT2D eigenvalue weighted by atomic mass is 32.1. The predicted molar refractivity (Wildman–Crippen MR) is 114 cm³/mol. The van der Waals surface area contributed by atoms with E-state index >= 15 is 0 Å². The van der Waals surface area contributed by atoms with Crippen LogP contribution < -0.4 is 11.1 Å². The Labute approximate surface area is 167 Å². The SMILES string of the molecule is Cc1n[nH]c2ccc(-c3nnc(NCC(N)C4Cc5ccccc5C4)s3)cc12. The van der Waals surface area contributed by atoms with Crippen molar-refractivity contribution in [2.75, 3.05) is 11.9 Å². The Hall–Kier alpha value is -2.77. The Balaban J connectivity index is 1.25. The first-order valence-corrected chi connectivity index (χ1v) is 10.3. The molecule has 0 bridgehead atoms. The normalized spacial score (nSPS) is 15.1. The van der Waals surface area contributed by atoms with E-state index < -0.39 is 0 Å². The number of nitrogens with one attached hydrogen (secondary N) is 2. The van der Waals surface area contributed by atoms with Gasteiger partial charge in [0, 0.05) is 23.5 Å². The minimum absolute atomic E-state index is 0.0877. The zero-order valence-electron chi connectivity index (χ0n) is 15.6. The van der Waals surface area contributed by atoms with Crippen molar-refractivity contribution in [3.63, 3.8) is 0 Å². The lowest BCUT2D eigenvalue weighted by molar-refractivity contribution is 0.454. The van der Waals surface area contributed by atoms with Crippen LogP contribution in [0.4, 0.5) is 5.13 Å². The minimum atomic E-state index is 0.0877. The molecule has 5 rings (SSSR count). The summed E-state index contributed by atoms with van der Waals surface area (Å²) >= 11 is 1.56. The predicted octanol–water partition coefficient (Wildman–Crippen LogP) is 3.54. The first-order chi connectivity index (χ1) is 13.7. The van der Waals surface area contributed by atoms with E-state index in [4.69, 9.17) is 5.73 Å². The molecule has 0 saturated heterocycles. The molecule has 2 heterocycles. The van der Waals surface area contributed by atoms with Gasteiger partial charge in [0.15, 0.2) is 0 Å². The highest BCUT2D eigenvalue weighted by Crippen LogP contribution is 2.31. The number of nitrogens with zero attached hydrogens (tertiary/aromatic N) is 3. The largest absolute Gasteiger partial charge is 0.359 e. The van der Waals surface area contributed by atoms with Gasteiger partial charge in [0.1, 0.15) is 5.01 Å². The topological polar surface area (TPSA) is 92.5 Å². The fraction of sp³-hybridized carbons (Fsp3) is 0.286. The average molecular weight is 391 g/mol. The number of aromatic amines is 1. The van der Waals surface area contributed by atoms with Crippen LogP contribution in [0.3, 0.4) is 0 Å². The Morgan fingerprint density at radius 2 is 1.96 bits per heavy atom. The number of aryl methyl sites for hydroxylation is 1. The van der Waals surface area contributed by atoms with Crippen molar-refractivity contribution in [1.82, 2.24) is 20.4 Å². The summed E-state index contributed by atoms with van der Waals surface area (Å²) in [4.78, 5) is 0. The molecule has 1 aliphatic carbocycles. The Bertz CT molecular complexity index is 1110. The third-order valence-corrected chi connectivity index (χ3v) is 6.53. The maximum Gasteiger partial charge on any atom is 0.206 e. The molecule has 0 amide bonds. The first kappa shape index (κ1) is 17.3. The smallest absolute Gasteiger partial charge is 0.206 e. The van der Waals surface area contributed by atoms with Crippen LogP contribution in [0, 0.1) is 12.8 Å². The lowest BCUT2D eigenvalue weighted by atomic mass is 9.97. The summed E-state index contributed by atoms with van der Waals surface area (Å²) in [6, 6.07) is 14.9. The number of hydrogen-bond acceptors (Lipinski definition) is 6. The molecule has 2 aromatic carbocycles. The zero-order chi connectivity index (χ0) is 19.1. The molecule has 6 nitrogen and oxygen atoms in total. The maximum absolute atomic E-state index is 6.47. The molecule has 4 N–H and O–H groups in total. The standard InChI is InChI=1S/C21H22N6S/c1-12-17-10-15(6-7-19(17)25-24-12)20-26-27-21(28-20)23-11-18(22)16-8-13-4-2-3-5-14(13)9-16/h2-7,10,16,18H,8-9,11,22H2,1H3,(H,23,27)(H,24,25). The van der Waals surface area contributed by atoms with Gasteiger partial charge in [-0.25, -0.2) is 0 Å². The molecule has 0 spiro atoms. The Morgan fingerprint density at radius 1 is 1.18 bits per heavy atom. The van der Waals surface area contributed by atoms with E-state index in [-0.39, 0.29) is 6.04 Å². The molecule has 0 saturated carbocycles. The molecule has 7 heteroatoms.